The van der Waals surface area contributed by atoms with E-state index in [4.69, 9.17) is 4.74 Å². The van der Waals surface area contributed by atoms with E-state index in [2.05, 4.69) is 25.5 Å². The molecule has 0 bridgehead atoms. The lowest BCUT2D eigenvalue weighted by atomic mass is 10.4. The molecule has 1 heterocycles. The first-order chi connectivity index (χ1) is 5.24. The van der Waals surface area contributed by atoms with Crippen LogP contribution >= 0.6 is 0 Å². The monoisotopic (exact) mass is 152 g/mol. The summed E-state index contributed by atoms with van der Waals surface area (Å²) in [5, 5.41) is 4.08. The average molecular weight is 152 g/mol. The van der Waals surface area contributed by atoms with Gasteiger partial charge >= 0.3 is 0 Å². The molecule has 0 saturated heterocycles. The fourth-order valence-corrected chi connectivity index (χ4v) is 0.760. The minimum Gasteiger partial charge on any atom is -0.462 e. The second kappa shape index (κ2) is 3.23. The van der Waals surface area contributed by atoms with E-state index in [0.29, 0.717) is 6.04 Å². The summed E-state index contributed by atoms with van der Waals surface area (Å²) >= 11 is 0. The highest BCUT2D eigenvalue weighted by atomic mass is 16.5. The third kappa shape index (κ3) is 1.83. The fraction of sp³-hybridized carbons (Fsp3) is 0.375. The van der Waals surface area contributed by atoms with Crippen LogP contribution in [0, 0.1) is 0 Å². The second-order valence-electron chi connectivity index (χ2n) is 2.53. The number of hydrogen-bond donors (Lipinski definition) is 0. The quantitative estimate of drug-likeness (QED) is 0.619. The zero-order chi connectivity index (χ0) is 8.27. The number of nitrogens with zero attached hydrogens (tertiary/aromatic N) is 2. The smallest absolute Gasteiger partial charge is 0.164 e. The van der Waals surface area contributed by atoms with E-state index in [0.717, 1.165) is 5.75 Å². The van der Waals surface area contributed by atoms with E-state index in [9.17, 15) is 0 Å². The largest absolute Gasteiger partial charge is 0.462 e. The Morgan fingerprint density at radius 2 is 2.45 bits per heavy atom. The van der Waals surface area contributed by atoms with Crippen molar-refractivity contribution in [1.82, 2.24) is 9.78 Å². The first-order valence-electron chi connectivity index (χ1n) is 3.55. The molecule has 3 nitrogen and oxygen atoms in total. The minimum atomic E-state index is 0.372. The Hall–Kier alpha value is -1.25. The van der Waals surface area contributed by atoms with E-state index in [-0.39, 0.29) is 0 Å². The van der Waals surface area contributed by atoms with Gasteiger partial charge in [-0.25, -0.2) is 0 Å². The van der Waals surface area contributed by atoms with Crippen LogP contribution in [0.2, 0.25) is 0 Å². The van der Waals surface area contributed by atoms with Crippen molar-refractivity contribution in [3.63, 3.8) is 0 Å². The average Bonchev–Trinajstić information content (AvgIpc) is 2.37. The van der Waals surface area contributed by atoms with Crippen molar-refractivity contribution < 1.29 is 4.74 Å². The van der Waals surface area contributed by atoms with Crippen LogP contribution in [0.25, 0.3) is 0 Å². The lowest BCUT2D eigenvalue weighted by Crippen LogP contribution is -1.99. The molecule has 0 aromatic carbocycles. The molecule has 0 aliphatic rings. The van der Waals surface area contributed by atoms with E-state index >= 15 is 0 Å². The molecule has 60 valence electrons. The Kier molecular flexibility index (Phi) is 2.31. The maximum Gasteiger partial charge on any atom is 0.164 e. The maximum atomic E-state index is 5.02. The van der Waals surface area contributed by atoms with Gasteiger partial charge in [0.2, 0.25) is 0 Å². The van der Waals surface area contributed by atoms with E-state index in [1.54, 1.807) is 6.20 Å². The normalized spacial score (nSPS) is 10.1. The van der Waals surface area contributed by atoms with Crippen LogP contribution in [-0.2, 0) is 0 Å². The zero-order valence-electron chi connectivity index (χ0n) is 6.82. The van der Waals surface area contributed by atoms with Gasteiger partial charge in [0.15, 0.2) is 5.75 Å². The first-order valence-corrected chi connectivity index (χ1v) is 3.55. The number of ether oxygens (including phenoxy) is 1. The predicted octanol–water partition coefficient (Wildman–Crippen LogP) is 1.99. The van der Waals surface area contributed by atoms with E-state index in [1.165, 1.54) is 6.26 Å². The van der Waals surface area contributed by atoms with Gasteiger partial charge < -0.3 is 4.74 Å². The Labute approximate surface area is 66.3 Å². The van der Waals surface area contributed by atoms with Crippen LogP contribution in [0.3, 0.4) is 0 Å². The minimum absolute atomic E-state index is 0.372. The highest BCUT2D eigenvalue weighted by Gasteiger charge is 1.99. The predicted molar refractivity (Wildman–Crippen MR) is 43.4 cm³/mol. The van der Waals surface area contributed by atoms with Gasteiger partial charge in [0.1, 0.15) is 0 Å². The maximum absolute atomic E-state index is 5.02. The summed E-state index contributed by atoms with van der Waals surface area (Å²) in [6.45, 7) is 7.57. The zero-order valence-corrected chi connectivity index (χ0v) is 6.82. The van der Waals surface area contributed by atoms with Gasteiger partial charge in [-0.05, 0) is 13.8 Å². The van der Waals surface area contributed by atoms with Gasteiger partial charge in [-0.3, -0.25) is 4.68 Å². The summed E-state index contributed by atoms with van der Waals surface area (Å²) in [7, 11) is 0. The summed E-state index contributed by atoms with van der Waals surface area (Å²) in [5.41, 5.74) is 0. The summed E-state index contributed by atoms with van der Waals surface area (Å²) in [6.07, 6.45) is 4.90. The molecule has 1 rings (SSSR count). The molecule has 0 fully saturated rings. The summed E-state index contributed by atoms with van der Waals surface area (Å²) in [4.78, 5) is 0. The highest BCUT2D eigenvalue weighted by molar-refractivity contribution is 5.12. The SMILES string of the molecule is C=COc1cnn(C(C)C)c1. The van der Waals surface area contributed by atoms with Gasteiger partial charge in [-0.15, -0.1) is 0 Å². The summed E-state index contributed by atoms with van der Waals surface area (Å²) < 4.78 is 6.85. The van der Waals surface area contributed by atoms with Crippen LogP contribution in [0.4, 0.5) is 0 Å². The molecular weight excluding hydrogens is 140 g/mol. The van der Waals surface area contributed by atoms with Gasteiger partial charge in [-0.1, -0.05) is 6.58 Å². The lowest BCUT2D eigenvalue weighted by molar-refractivity contribution is 0.477. The molecule has 0 amide bonds. The molecule has 0 spiro atoms. The molecule has 0 radical (unpaired) electrons. The van der Waals surface area contributed by atoms with Crippen molar-refractivity contribution in [2.45, 2.75) is 19.9 Å². The number of rotatable bonds is 3. The second-order valence-corrected chi connectivity index (χ2v) is 2.53. The highest BCUT2D eigenvalue weighted by Crippen LogP contribution is 2.11. The molecule has 3 heteroatoms. The van der Waals surface area contributed by atoms with Gasteiger partial charge in [-0.2, -0.15) is 5.10 Å². The molecular formula is C8H12N2O. The molecule has 1 aromatic rings. The van der Waals surface area contributed by atoms with Crippen molar-refractivity contribution in [2.24, 2.45) is 0 Å². The lowest BCUT2D eigenvalue weighted by Gasteiger charge is -2.02. The Bertz CT molecular complexity index is 240. The molecule has 1 aromatic heterocycles. The van der Waals surface area contributed by atoms with E-state index in [1.807, 2.05) is 10.9 Å². The Morgan fingerprint density at radius 1 is 1.73 bits per heavy atom. The number of hydrogen-bond acceptors (Lipinski definition) is 2. The van der Waals surface area contributed by atoms with Crippen molar-refractivity contribution >= 4 is 0 Å². The first kappa shape index (κ1) is 7.85. The van der Waals surface area contributed by atoms with Gasteiger partial charge in [0.05, 0.1) is 18.7 Å². The van der Waals surface area contributed by atoms with Crippen LogP contribution < -0.4 is 4.74 Å². The molecule has 0 atom stereocenters. The molecule has 0 aliphatic carbocycles. The van der Waals surface area contributed by atoms with Crippen LogP contribution in [0.5, 0.6) is 5.75 Å². The van der Waals surface area contributed by atoms with Crippen LogP contribution in [-0.4, -0.2) is 9.78 Å². The molecule has 0 aliphatic heterocycles. The Balaban J connectivity index is 2.73. The molecule has 0 saturated carbocycles. The molecule has 11 heavy (non-hydrogen) atoms. The fourth-order valence-electron chi connectivity index (χ4n) is 0.760. The van der Waals surface area contributed by atoms with E-state index < -0.39 is 0 Å². The third-order valence-electron chi connectivity index (χ3n) is 1.33. The van der Waals surface area contributed by atoms with Crippen molar-refractivity contribution in [1.29, 1.82) is 0 Å². The summed E-state index contributed by atoms with van der Waals surface area (Å²) in [6, 6.07) is 0.372. The molecule has 0 unspecified atom stereocenters. The third-order valence-corrected chi connectivity index (χ3v) is 1.33. The summed E-state index contributed by atoms with van der Waals surface area (Å²) in [5.74, 6) is 0.730. The van der Waals surface area contributed by atoms with Crippen molar-refractivity contribution in [2.75, 3.05) is 0 Å². The number of aromatic nitrogens is 2. The van der Waals surface area contributed by atoms with Gasteiger partial charge in [0.25, 0.3) is 0 Å². The van der Waals surface area contributed by atoms with Gasteiger partial charge in [0, 0.05) is 6.04 Å². The Morgan fingerprint density at radius 3 is 2.91 bits per heavy atom. The topological polar surface area (TPSA) is 27.1 Å². The molecule has 0 N–H and O–H groups in total. The van der Waals surface area contributed by atoms with Crippen molar-refractivity contribution in [3.05, 3.63) is 25.2 Å². The standard InChI is InChI=1S/C8H12N2O/c1-4-11-8-5-9-10(6-8)7(2)3/h4-7H,1H2,2-3H3. The van der Waals surface area contributed by atoms with Crippen LogP contribution in [0.1, 0.15) is 19.9 Å². The van der Waals surface area contributed by atoms with Crippen LogP contribution in [0.15, 0.2) is 25.2 Å². The van der Waals surface area contributed by atoms with Crippen molar-refractivity contribution in [3.8, 4) is 5.75 Å².